The van der Waals surface area contributed by atoms with E-state index in [-0.39, 0.29) is 29.9 Å². The molecule has 0 bridgehead atoms. The zero-order valence-corrected chi connectivity index (χ0v) is 15.3. The summed E-state index contributed by atoms with van der Waals surface area (Å²) in [6.45, 7) is 1.37. The van der Waals surface area contributed by atoms with Crippen LogP contribution in [0.5, 0.6) is 5.75 Å². The molecule has 2 aromatic heterocycles. The number of aromatic nitrogens is 2. The molecule has 148 valence electrons. The van der Waals surface area contributed by atoms with Crippen molar-refractivity contribution in [2.24, 2.45) is 0 Å². The normalized spacial score (nSPS) is 22.2. The van der Waals surface area contributed by atoms with E-state index in [1.807, 2.05) is 0 Å². The van der Waals surface area contributed by atoms with Crippen LogP contribution in [0.3, 0.4) is 0 Å². The molecule has 9 nitrogen and oxygen atoms in total. The predicted molar refractivity (Wildman–Crippen MR) is 100 cm³/mol. The van der Waals surface area contributed by atoms with Crippen LogP contribution < -0.4 is 11.0 Å². The molecule has 0 saturated heterocycles. The van der Waals surface area contributed by atoms with Crippen molar-refractivity contribution in [2.75, 3.05) is 0 Å². The third-order valence-corrected chi connectivity index (χ3v) is 5.73. The van der Waals surface area contributed by atoms with Crippen molar-refractivity contribution in [1.82, 2.24) is 15.0 Å². The van der Waals surface area contributed by atoms with Gasteiger partial charge >= 0.3 is 5.97 Å². The molecule has 2 aliphatic rings. The van der Waals surface area contributed by atoms with E-state index in [4.69, 9.17) is 4.74 Å². The molecule has 1 unspecified atom stereocenters. The fourth-order valence-corrected chi connectivity index (χ4v) is 4.17. The molecule has 0 spiro atoms. The van der Waals surface area contributed by atoms with Crippen molar-refractivity contribution in [2.45, 2.75) is 31.7 Å². The molecule has 4 N–H and O–H groups in total. The van der Waals surface area contributed by atoms with Crippen LogP contribution in [-0.2, 0) is 21.7 Å². The molecule has 9 heteroatoms. The number of hydrogen-bond donors (Lipinski definition) is 4. The Morgan fingerprint density at radius 2 is 2.10 bits per heavy atom. The fraction of sp³-hybridized carbons (Fsp3) is 0.250. The summed E-state index contributed by atoms with van der Waals surface area (Å²) in [7, 11) is 0. The first-order chi connectivity index (χ1) is 13.9. The number of hydrogen-bond acceptors (Lipinski definition) is 8. The minimum Gasteiger partial charge on any atom is -0.508 e. The SMILES string of the molecule is CC[C@@]1(O)C(=O)OCc2c1cc1n(c2=O)C(NO)c2cc3cc(O)ccc3nc2-1. The maximum Gasteiger partial charge on any atom is 0.343 e. The third kappa shape index (κ3) is 2.23. The Kier molecular flexibility index (Phi) is 3.60. The molecule has 1 aromatic carbocycles. The minimum absolute atomic E-state index is 0.0423. The molecular formula is C20H17N3O6. The van der Waals surface area contributed by atoms with Crippen LogP contribution in [-0.4, -0.2) is 30.9 Å². The number of aliphatic hydroxyl groups is 1. The number of carbonyl (C=O) groups is 1. The van der Waals surface area contributed by atoms with E-state index in [0.717, 1.165) is 0 Å². The van der Waals surface area contributed by atoms with E-state index in [1.165, 1.54) is 16.7 Å². The smallest absolute Gasteiger partial charge is 0.343 e. The van der Waals surface area contributed by atoms with Gasteiger partial charge in [0.05, 0.1) is 22.5 Å². The van der Waals surface area contributed by atoms with E-state index in [0.29, 0.717) is 27.9 Å². The zero-order chi connectivity index (χ0) is 20.5. The monoisotopic (exact) mass is 395 g/mol. The molecule has 29 heavy (non-hydrogen) atoms. The molecule has 0 aliphatic carbocycles. The van der Waals surface area contributed by atoms with E-state index in [1.54, 1.807) is 25.1 Å². The lowest BCUT2D eigenvalue weighted by molar-refractivity contribution is -0.172. The highest BCUT2D eigenvalue weighted by Crippen LogP contribution is 2.41. The zero-order valence-electron chi connectivity index (χ0n) is 15.3. The highest BCUT2D eigenvalue weighted by Gasteiger charge is 2.46. The number of aromatic hydroxyl groups is 1. The van der Waals surface area contributed by atoms with Crippen molar-refractivity contribution in [1.29, 1.82) is 0 Å². The van der Waals surface area contributed by atoms with Crippen LogP contribution in [0, 0.1) is 0 Å². The number of benzene rings is 1. The first-order valence-electron chi connectivity index (χ1n) is 9.11. The highest BCUT2D eigenvalue weighted by molar-refractivity contribution is 5.87. The van der Waals surface area contributed by atoms with Gasteiger partial charge in [0.2, 0.25) is 0 Å². The van der Waals surface area contributed by atoms with Crippen molar-refractivity contribution in [3.63, 3.8) is 0 Å². The van der Waals surface area contributed by atoms with Crippen LogP contribution >= 0.6 is 0 Å². The topological polar surface area (TPSA) is 134 Å². The van der Waals surface area contributed by atoms with Gasteiger partial charge in [-0.1, -0.05) is 6.92 Å². The number of carbonyl (C=O) groups excluding carboxylic acids is 1. The van der Waals surface area contributed by atoms with Crippen LogP contribution in [0.15, 0.2) is 35.1 Å². The van der Waals surface area contributed by atoms with Gasteiger partial charge in [-0.15, -0.1) is 0 Å². The molecule has 3 aromatic rings. The molecular weight excluding hydrogens is 378 g/mol. The molecule has 0 fully saturated rings. The van der Waals surface area contributed by atoms with E-state index in [9.17, 15) is 25.0 Å². The number of esters is 1. The molecule has 0 radical (unpaired) electrons. The third-order valence-electron chi connectivity index (χ3n) is 5.73. The van der Waals surface area contributed by atoms with Crippen molar-refractivity contribution < 1.29 is 25.0 Å². The van der Waals surface area contributed by atoms with Gasteiger partial charge in [0.1, 0.15) is 18.5 Å². The summed E-state index contributed by atoms with van der Waals surface area (Å²) >= 11 is 0. The van der Waals surface area contributed by atoms with Gasteiger partial charge < -0.3 is 20.2 Å². The number of cyclic esters (lactones) is 1. The molecule has 2 atom stereocenters. The summed E-state index contributed by atoms with van der Waals surface area (Å²) in [5.41, 5.74) is 2.00. The summed E-state index contributed by atoms with van der Waals surface area (Å²) in [5, 5.41) is 31.1. The summed E-state index contributed by atoms with van der Waals surface area (Å²) in [6, 6.07) is 7.98. The fourth-order valence-electron chi connectivity index (χ4n) is 4.17. The first-order valence-corrected chi connectivity index (χ1v) is 9.11. The number of ether oxygens (including phenoxy) is 1. The van der Waals surface area contributed by atoms with E-state index in [2.05, 4.69) is 10.5 Å². The van der Waals surface area contributed by atoms with E-state index < -0.39 is 23.3 Å². The average Bonchev–Trinajstić information content (AvgIpc) is 3.02. The Hall–Kier alpha value is -3.27. The number of fused-ring (bicyclic) bond motifs is 5. The van der Waals surface area contributed by atoms with Crippen molar-refractivity contribution in [3.8, 4) is 17.1 Å². The highest BCUT2D eigenvalue weighted by atomic mass is 16.6. The van der Waals surface area contributed by atoms with Gasteiger partial charge in [-0.25, -0.2) is 9.78 Å². The van der Waals surface area contributed by atoms with Crippen molar-refractivity contribution >= 4 is 16.9 Å². The standard InChI is InChI=1S/C20H17N3O6/c1-2-20(27)13-7-15-16-11(6-9-5-10(24)3-4-14(9)21-16)17(22-28)23(15)18(25)12(13)8-29-19(20)26/h3-7,17,22,24,27-28H,2,8H2,1H3/t17?,20-/m0/s1. The average molecular weight is 395 g/mol. The Morgan fingerprint density at radius 3 is 2.83 bits per heavy atom. The molecule has 5 rings (SSSR count). The second-order valence-corrected chi connectivity index (χ2v) is 7.22. The number of hydroxylamine groups is 1. The number of phenols is 1. The van der Waals surface area contributed by atoms with Crippen LogP contribution in [0.1, 0.15) is 36.2 Å². The summed E-state index contributed by atoms with van der Waals surface area (Å²) in [6.07, 6.45) is -0.870. The number of pyridine rings is 2. The maximum atomic E-state index is 13.2. The molecule has 0 saturated carbocycles. The van der Waals surface area contributed by atoms with Crippen LogP contribution in [0.4, 0.5) is 0 Å². The Balaban J connectivity index is 1.85. The summed E-state index contributed by atoms with van der Waals surface area (Å²) in [4.78, 5) is 30.1. The number of phenolic OH excluding ortho intramolecular Hbond substituents is 1. The van der Waals surface area contributed by atoms with Gasteiger partial charge in [0, 0.05) is 16.5 Å². The van der Waals surface area contributed by atoms with Crippen LogP contribution in [0.25, 0.3) is 22.3 Å². The second kappa shape index (κ2) is 5.86. The lowest BCUT2D eigenvalue weighted by Crippen LogP contribution is -2.45. The first kappa shape index (κ1) is 17.8. The largest absolute Gasteiger partial charge is 0.508 e. The van der Waals surface area contributed by atoms with Gasteiger partial charge in [-0.2, -0.15) is 5.48 Å². The minimum atomic E-state index is -1.92. The Labute approximate surface area is 163 Å². The number of nitrogens with zero attached hydrogens (tertiary/aromatic N) is 2. The Morgan fingerprint density at radius 1 is 1.31 bits per heavy atom. The predicted octanol–water partition coefficient (Wildman–Crippen LogP) is 1.26. The summed E-state index contributed by atoms with van der Waals surface area (Å²) in [5.74, 6) is -0.728. The lowest BCUT2D eigenvalue weighted by atomic mass is 9.86. The van der Waals surface area contributed by atoms with Gasteiger partial charge in [0.15, 0.2) is 5.60 Å². The van der Waals surface area contributed by atoms with Crippen molar-refractivity contribution in [3.05, 3.63) is 57.4 Å². The Bertz CT molecular complexity index is 1270. The van der Waals surface area contributed by atoms with Gasteiger partial charge in [0.25, 0.3) is 5.56 Å². The molecule has 2 aliphatic heterocycles. The quantitative estimate of drug-likeness (QED) is 0.376. The van der Waals surface area contributed by atoms with Crippen LogP contribution in [0.2, 0.25) is 0 Å². The lowest BCUT2D eigenvalue weighted by Gasteiger charge is -2.32. The second-order valence-electron chi connectivity index (χ2n) is 7.22. The molecule has 4 heterocycles. The number of rotatable bonds is 2. The van der Waals surface area contributed by atoms with Gasteiger partial charge in [-0.3, -0.25) is 9.36 Å². The number of nitrogens with one attached hydrogen (secondary N) is 1. The maximum absolute atomic E-state index is 13.2. The van der Waals surface area contributed by atoms with E-state index >= 15 is 0 Å². The van der Waals surface area contributed by atoms with Gasteiger partial charge in [-0.05, 0) is 36.8 Å². The molecule has 0 amide bonds. The summed E-state index contributed by atoms with van der Waals surface area (Å²) < 4.78 is 6.37.